The van der Waals surface area contributed by atoms with Crippen LogP contribution in [-0.4, -0.2) is 41.3 Å². The molecule has 6 heteroatoms. The number of nitrogens with zero attached hydrogens (tertiary/aromatic N) is 2. The van der Waals surface area contributed by atoms with Gasteiger partial charge in [-0.3, -0.25) is 14.6 Å². The number of piperidine rings is 1. The van der Waals surface area contributed by atoms with E-state index in [1.54, 1.807) is 29.4 Å². The lowest BCUT2D eigenvalue weighted by atomic mass is 9.75. The maximum atomic E-state index is 13.4. The van der Waals surface area contributed by atoms with Crippen molar-refractivity contribution in [1.29, 1.82) is 0 Å². The maximum Gasteiger partial charge on any atom is 0.253 e. The minimum Gasteiger partial charge on any atom is -0.355 e. The Labute approximate surface area is 177 Å². The summed E-state index contributed by atoms with van der Waals surface area (Å²) >= 11 is 0. The van der Waals surface area contributed by atoms with Crippen molar-refractivity contribution in [3.63, 3.8) is 0 Å². The largest absolute Gasteiger partial charge is 0.355 e. The van der Waals surface area contributed by atoms with Gasteiger partial charge in [0.1, 0.15) is 5.82 Å². The van der Waals surface area contributed by atoms with Crippen molar-refractivity contribution in [3.8, 4) is 0 Å². The highest BCUT2D eigenvalue weighted by molar-refractivity contribution is 5.94. The Morgan fingerprint density at radius 2 is 1.80 bits per heavy atom. The molecule has 1 N–H and O–H groups in total. The molecule has 1 saturated heterocycles. The topological polar surface area (TPSA) is 62.3 Å². The molecule has 1 aromatic heterocycles. The van der Waals surface area contributed by atoms with Crippen LogP contribution >= 0.6 is 0 Å². The van der Waals surface area contributed by atoms with E-state index in [9.17, 15) is 14.0 Å². The number of hydrogen-bond donors (Lipinski definition) is 1. The van der Waals surface area contributed by atoms with Crippen LogP contribution < -0.4 is 5.32 Å². The summed E-state index contributed by atoms with van der Waals surface area (Å²) in [4.78, 5) is 31.4. The number of aromatic nitrogens is 1. The van der Waals surface area contributed by atoms with E-state index >= 15 is 0 Å². The first-order valence-electron chi connectivity index (χ1n) is 10.7. The zero-order valence-corrected chi connectivity index (χ0v) is 17.7. The molecule has 2 aromatic rings. The summed E-state index contributed by atoms with van der Waals surface area (Å²) in [7, 11) is 0. The molecule has 1 fully saturated rings. The van der Waals surface area contributed by atoms with Crippen molar-refractivity contribution in [3.05, 3.63) is 65.7 Å². The highest BCUT2D eigenvalue weighted by Crippen LogP contribution is 2.31. The van der Waals surface area contributed by atoms with Crippen LogP contribution in [0.2, 0.25) is 0 Å². The van der Waals surface area contributed by atoms with E-state index in [0.29, 0.717) is 25.2 Å². The second-order valence-electron chi connectivity index (χ2n) is 8.04. The number of benzene rings is 1. The molecular formula is C24H30FN3O2. The zero-order valence-electron chi connectivity index (χ0n) is 17.7. The first-order chi connectivity index (χ1) is 14.5. The molecule has 0 saturated carbocycles. The predicted octanol–water partition coefficient (Wildman–Crippen LogP) is 3.95. The monoisotopic (exact) mass is 411 g/mol. The third-order valence-corrected chi connectivity index (χ3v) is 6.42. The van der Waals surface area contributed by atoms with E-state index < -0.39 is 0 Å². The fourth-order valence-corrected chi connectivity index (χ4v) is 4.27. The Kier molecular flexibility index (Phi) is 7.19. The van der Waals surface area contributed by atoms with Crippen LogP contribution in [0, 0.1) is 11.7 Å². The van der Waals surface area contributed by atoms with Crippen molar-refractivity contribution in [2.75, 3.05) is 19.6 Å². The molecule has 1 unspecified atom stereocenters. The molecule has 1 atom stereocenters. The van der Waals surface area contributed by atoms with E-state index in [2.05, 4.69) is 24.1 Å². The number of hydrogen-bond acceptors (Lipinski definition) is 3. The fourth-order valence-electron chi connectivity index (χ4n) is 4.27. The highest BCUT2D eigenvalue weighted by atomic mass is 19.1. The van der Waals surface area contributed by atoms with Gasteiger partial charge >= 0.3 is 0 Å². The van der Waals surface area contributed by atoms with Gasteiger partial charge < -0.3 is 10.2 Å². The van der Waals surface area contributed by atoms with Gasteiger partial charge in [0.2, 0.25) is 5.91 Å². The lowest BCUT2D eigenvalue weighted by molar-refractivity contribution is -0.126. The lowest BCUT2D eigenvalue weighted by Gasteiger charge is -2.35. The van der Waals surface area contributed by atoms with Gasteiger partial charge in [0.05, 0.1) is 5.92 Å². The van der Waals surface area contributed by atoms with Gasteiger partial charge in [0, 0.05) is 43.0 Å². The third kappa shape index (κ3) is 4.86. The van der Waals surface area contributed by atoms with Crippen LogP contribution in [-0.2, 0) is 10.2 Å². The van der Waals surface area contributed by atoms with E-state index in [1.165, 1.54) is 12.1 Å². The second-order valence-corrected chi connectivity index (χ2v) is 8.04. The van der Waals surface area contributed by atoms with Gasteiger partial charge in [-0.25, -0.2) is 4.39 Å². The van der Waals surface area contributed by atoms with Gasteiger partial charge in [0.25, 0.3) is 5.91 Å². The predicted molar refractivity (Wildman–Crippen MR) is 115 cm³/mol. The zero-order chi connectivity index (χ0) is 21.6. The molecule has 0 radical (unpaired) electrons. The average molecular weight is 412 g/mol. The maximum absolute atomic E-state index is 13.4. The summed E-state index contributed by atoms with van der Waals surface area (Å²) < 4.78 is 13.4. The summed E-state index contributed by atoms with van der Waals surface area (Å²) in [5, 5.41) is 3.13. The van der Waals surface area contributed by atoms with Crippen LogP contribution in [0.1, 0.15) is 55.5 Å². The molecule has 1 aromatic carbocycles. The molecule has 2 amide bonds. The molecule has 0 bridgehead atoms. The molecule has 0 aliphatic carbocycles. The van der Waals surface area contributed by atoms with Crippen molar-refractivity contribution in [2.24, 2.45) is 5.92 Å². The van der Waals surface area contributed by atoms with E-state index in [0.717, 1.165) is 31.2 Å². The smallest absolute Gasteiger partial charge is 0.253 e. The van der Waals surface area contributed by atoms with E-state index in [-0.39, 0.29) is 29.0 Å². The SMILES string of the molecule is CCC(CC)(CNC(=O)C1CCCN(C(=O)c2ccncc2)C1)c1ccc(F)cc1. The summed E-state index contributed by atoms with van der Waals surface area (Å²) in [5.74, 6) is -0.553. The van der Waals surface area contributed by atoms with Crippen molar-refractivity contribution in [2.45, 2.75) is 44.9 Å². The van der Waals surface area contributed by atoms with Crippen LogP contribution in [0.3, 0.4) is 0 Å². The third-order valence-electron chi connectivity index (χ3n) is 6.42. The molecule has 0 spiro atoms. The Balaban J connectivity index is 1.64. The number of likely N-dealkylation sites (tertiary alicyclic amines) is 1. The van der Waals surface area contributed by atoms with Crippen LogP contribution in [0.15, 0.2) is 48.8 Å². The van der Waals surface area contributed by atoms with Gasteiger partial charge in [0.15, 0.2) is 0 Å². The number of halogens is 1. The van der Waals surface area contributed by atoms with Crippen molar-refractivity contribution >= 4 is 11.8 Å². The normalized spacial score (nSPS) is 16.9. The molecule has 1 aliphatic heterocycles. The number of carbonyl (C=O) groups is 2. The minimum absolute atomic E-state index is 0.0179. The first-order valence-corrected chi connectivity index (χ1v) is 10.7. The molecule has 160 valence electrons. The molecule has 3 rings (SSSR count). The fraction of sp³-hybridized carbons (Fsp3) is 0.458. The molecular weight excluding hydrogens is 381 g/mol. The summed E-state index contributed by atoms with van der Waals surface area (Å²) in [6.07, 6.45) is 6.46. The van der Waals surface area contributed by atoms with Gasteiger partial charge in [-0.15, -0.1) is 0 Å². The van der Waals surface area contributed by atoms with Gasteiger partial charge in [-0.05, 0) is 55.5 Å². The summed E-state index contributed by atoms with van der Waals surface area (Å²) in [5.41, 5.74) is 1.40. The van der Waals surface area contributed by atoms with Gasteiger partial charge in [-0.1, -0.05) is 26.0 Å². The Morgan fingerprint density at radius 3 is 2.43 bits per heavy atom. The second kappa shape index (κ2) is 9.83. The van der Waals surface area contributed by atoms with Crippen molar-refractivity contribution < 1.29 is 14.0 Å². The van der Waals surface area contributed by atoms with Crippen molar-refractivity contribution in [1.82, 2.24) is 15.2 Å². The van der Waals surface area contributed by atoms with Crippen LogP contribution in [0.5, 0.6) is 0 Å². The molecule has 1 aliphatic rings. The minimum atomic E-state index is -0.259. The number of amides is 2. The van der Waals surface area contributed by atoms with Gasteiger partial charge in [-0.2, -0.15) is 0 Å². The lowest BCUT2D eigenvalue weighted by Crippen LogP contribution is -2.48. The van der Waals surface area contributed by atoms with E-state index in [1.807, 2.05) is 12.1 Å². The quantitative estimate of drug-likeness (QED) is 0.751. The number of carbonyl (C=O) groups excluding carboxylic acids is 2. The average Bonchev–Trinajstić information content (AvgIpc) is 2.81. The highest BCUT2D eigenvalue weighted by Gasteiger charge is 2.32. The molecule has 30 heavy (non-hydrogen) atoms. The number of nitrogens with one attached hydrogen (secondary N) is 1. The number of rotatable bonds is 7. The van der Waals surface area contributed by atoms with E-state index in [4.69, 9.17) is 0 Å². The molecule has 5 nitrogen and oxygen atoms in total. The first kappa shape index (κ1) is 21.9. The number of pyridine rings is 1. The Morgan fingerprint density at radius 1 is 1.13 bits per heavy atom. The van der Waals surface area contributed by atoms with Crippen LogP contribution in [0.4, 0.5) is 4.39 Å². The standard InChI is InChI=1S/C24H30FN3O2/c1-3-24(4-2,20-7-9-21(25)10-8-20)17-27-22(29)19-6-5-15-28(16-19)23(30)18-11-13-26-14-12-18/h7-14,19H,3-6,15-17H2,1-2H3,(H,27,29). The van der Waals surface area contributed by atoms with Crippen LogP contribution in [0.25, 0.3) is 0 Å². The Bertz CT molecular complexity index is 851. The summed E-state index contributed by atoms with van der Waals surface area (Å²) in [6.45, 7) is 5.77. The molecule has 2 heterocycles. The Hall–Kier alpha value is -2.76. The summed E-state index contributed by atoms with van der Waals surface area (Å²) in [6, 6.07) is 9.97.